The molecule has 0 aliphatic heterocycles. The summed E-state index contributed by atoms with van der Waals surface area (Å²) >= 11 is 6.04. The molecule has 0 radical (unpaired) electrons. The van der Waals surface area contributed by atoms with Crippen LogP contribution in [-0.4, -0.2) is 27.3 Å². The molecule has 0 saturated carbocycles. The Kier molecular flexibility index (Phi) is 5.81. The van der Waals surface area contributed by atoms with Gasteiger partial charge in [0.15, 0.2) is 0 Å². The van der Waals surface area contributed by atoms with E-state index in [4.69, 9.17) is 11.6 Å². The SMILES string of the molecule is CCCN(Cc1nc2cc(Cl)ccc2c(=O)[nH]1)C(=O)Cc1ccc2ccccc2c1. The van der Waals surface area contributed by atoms with Gasteiger partial charge in [-0.05, 0) is 41.0 Å². The summed E-state index contributed by atoms with van der Waals surface area (Å²) in [5.41, 5.74) is 1.26. The minimum atomic E-state index is -0.231. The Morgan fingerprint density at radius 3 is 2.67 bits per heavy atom. The first-order chi connectivity index (χ1) is 14.5. The highest BCUT2D eigenvalue weighted by Gasteiger charge is 2.16. The molecule has 0 saturated heterocycles. The average Bonchev–Trinajstić information content (AvgIpc) is 2.73. The van der Waals surface area contributed by atoms with Crippen molar-refractivity contribution in [3.8, 4) is 0 Å². The highest BCUT2D eigenvalue weighted by molar-refractivity contribution is 6.31. The lowest BCUT2D eigenvalue weighted by atomic mass is 10.0. The fourth-order valence-corrected chi connectivity index (χ4v) is 3.78. The predicted octanol–water partition coefficient (Wildman–Crippen LogP) is 4.71. The van der Waals surface area contributed by atoms with Crippen LogP contribution in [0.4, 0.5) is 0 Å². The van der Waals surface area contributed by atoms with Gasteiger partial charge in [-0.15, -0.1) is 0 Å². The van der Waals surface area contributed by atoms with Gasteiger partial charge in [0.25, 0.3) is 5.56 Å². The van der Waals surface area contributed by atoms with Gasteiger partial charge >= 0.3 is 0 Å². The minimum Gasteiger partial charge on any atom is -0.335 e. The van der Waals surface area contributed by atoms with Gasteiger partial charge in [0.2, 0.25) is 5.91 Å². The average molecular weight is 420 g/mol. The van der Waals surface area contributed by atoms with Crippen molar-refractivity contribution in [2.75, 3.05) is 6.54 Å². The molecule has 0 bridgehead atoms. The Morgan fingerprint density at radius 2 is 1.87 bits per heavy atom. The Balaban J connectivity index is 1.57. The van der Waals surface area contributed by atoms with Crippen molar-refractivity contribution in [1.29, 1.82) is 0 Å². The van der Waals surface area contributed by atoms with E-state index in [-0.39, 0.29) is 18.0 Å². The lowest BCUT2D eigenvalue weighted by Gasteiger charge is -2.22. The third kappa shape index (κ3) is 4.36. The van der Waals surface area contributed by atoms with Crippen molar-refractivity contribution in [1.82, 2.24) is 14.9 Å². The molecular formula is C24H22ClN3O2. The van der Waals surface area contributed by atoms with Crippen molar-refractivity contribution in [2.45, 2.75) is 26.3 Å². The highest BCUT2D eigenvalue weighted by atomic mass is 35.5. The Hall–Kier alpha value is -3.18. The molecule has 0 spiro atoms. The van der Waals surface area contributed by atoms with Gasteiger partial charge in [-0.1, -0.05) is 61.0 Å². The van der Waals surface area contributed by atoms with E-state index < -0.39 is 0 Å². The lowest BCUT2D eigenvalue weighted by molar-refractivity contribution is -0.131. The number of carbonyl (C=O) groups is 1. The van der Waals surface area contributed by atoms with E-state index in [1.165, 1.54) is 0 Å². The molecule has 1 amide bonds. The number of halogens is 1. The van der Waals surface area contributed by atoms with Crippen molar-refractivity contribution >= 4 is 39.2 Å². The van der Waals surface area contributed by atoms with Crippen LogP contribution >= 0.6 is 11.6 Å². The zero-order valence-electron chi connectivity index (χ0n) is 16.7. The van der Waals surface area contributed by atoms with Crippen molar-refractivity contribution in [3.63, 3.8) is 0 Å². The van der Waals surface area contributed by atoms with Gasteiger partial charge in [-0.25, -0.2) is 4.98 Å². The molecule has 0 atom stereocenters. The number of hydrogen-bond acceptors (Lipinski definition) is 3. The Labute approximate surface area is 179 Å². The molecule has 5 nitrogen and oxygen atoms in total. The maximum atomic E-state index is 13.0. The lowest BCUT2D eigenvalue weighted by Crippen LogP contribution is -2.34. The Bertz CT molecular complexity index is 1280. The van der Waals surface area contributed by atoms with Gasteiger partial charge in [0.1, 0.15) is 5.82 Å². The summed E-state index contributed by atoms with van der Waals surface area (Å²) in [5.74, 6) is 0.455. The van der Waals surface area contributed by atoms with Crippen LogP contribution in [0.3, 0.4) is 0 Å². The van der Waals surface area contributed by atoms with Gasteiger partial charge < -0.3 is 9.88 Å². The van der Waals surface area contributed by atoms with E-state index in [2.05, 4.69) is 22.1 Å². The van der Waals surface area contributed by atoms with Crippen molar-refractivity contribution in [3.05, 3.63) is 87.4 Å². The van der Waals surface area contributed by atoms with Crippen LogP contribution in [0.25, 0.3) is 21.7 Å². The second-order valence-electron chi connectivity index (χ2n) is 7.35. The van der Waals surface area contributed by atoms with E-state index >= 15 is 0 Å². The third-order valence-corrected chi connectivity index (χ3v) is 5.31. The zero-order chi connectivity index (χ0) is 21.1. The molecule has 152 valence electrons. The molecule has 6 heteroatoms. The number of nitrogens with zero attached hydrogens (tertiary/aromatic N) is 2. The molecule has 4 aromatic rings. The first kappa shape index (κ1) is 20.1. The summed E-state index contributed by atoms with van der Waals surface area (Å²) in [7, 11) is 0. The molecule has 1 N–H and O–H groups in total. The smallest absolute Gasteiger partial charge is 0.258 e. The van der Waals surface area contributed by atoms with E-state index in [1.807, 2.05) is 37.3 Å². The number of nitrogens with one attached hydrogen (secondary N) is 1. The number of hydrogen-bond donors (Lipinski definition) is 1. The largest absolute Gasteiger partial charge is 0.335 e. The number of benzene rings is 3. The van der Waals surface area contributed by atoms with Gasteiger partial charge in [-0.3, -0.25) is 9.59 Å². The maximum absolute atomic E-state index is 13.0. The van der Waals surface area contributed by atoms with Crippen LogP contribution in [0, 0.1) is 0 Å². The first-order valence-corrected chi connectivity index (χ1v) is 10.3. The van der Waals surface area contributed by atoms with Crippen LogP contribution in [-0.2, 0) is 17.8 Å². The van der Waals surface area contributed by atoms with Crippen LogP contribution in [0.1, 0.15) is 24.7 Å². The molecule has 0 unspecified atom stereocenters. The molecule has 0 aliphatic carbocycles. The summed E-state index contributed by atoms with van der Waals surface area (Å²) in [6, 6.07) is 19.1. The summed E-state index contributed by atoms with van der Waals surface area (Å²) < 4.78 is 0. The number of amides is 1. The number of rotatable bonds is 6. The fraction of sp³-hybridized carbons (Fsp3) is 0.208. The van der Waals surface area contributed by atoms with Crippen LogP contribution < -0.4 is 5.56 Å². The fourth-order valence-electron chi connectivity index (χ4n) is 3.61. The predicted molar refractivity (Wildman–Crippen MR) is 121 cm³/mol. The highest BCUT2D eigenvalue weighted by Crippen LogP contribution is 2.18. The number of aromatic nitrogens is 2. The first-order valence-electron chi connectivity index (χ1n) is 9.97. The Morgan fingerprint density at radius 1 is 1.07 bits per heavy atom. The van der Waals surface area contributed by atoms with Gasteiger partial charge in [0, 0.05) is 11.6 Å². The third-order valence-electron chi connectivity index (χ3n) is 5.07. The molecule has 1 aromatic heterocycles. The van der Waals surface area contributed by atoms with Gasteiger partial charge in [-0.2, -0.15) is 0 Å². The van der Waals surface area contributed by atoms with E-state index in [9.17, 15) is 9.59 Å². The molecule has 0 aliphatic rings. The van der Waals surface area contributed by atoms with E-state index in [0.29, 0.717) is 34.7 Å². The van der Waals surface area contributed by atoms with E-state index in [1.54, 1.807) is 23.1 Å². The number of fused-ring (bicyclic) bond motifs is 2. The normalized spacial score (nSPS) is 11.1. The summed E-state index contributed by atoms with van der Waals surface area (Å²) in [4.78, 5) is 34.5. The van der Waals surface area contributed by atoms with Crippen LogP contribution in [0.2, 0.25) is 5.02 Å². The van der Waals surface area contributed by atoms with Crippen LogP contribution in [0.15, 0.2) is 65.5 Å². The second kappa shape index (κ2) is 8.67. The van der Waals surface area contributed by atoms with Gasteiger partial charge in [0.05, 0.1) is 23.9 Å². The summed E-state index contributed by atoms with van der Waals surface area (Å²) in [6.45, 7) is 2.86. The topological polar surface area (TPSA) is 66.1 Å². The maximum Gasteiger partial charge on any atom is 0.258 e. The number of carbonyl (C=O) groups excluding carboxylic acids is 1. The second-order valence-corrected chi connectivity index (χ2v) is 7.78. The van der Waals surface area contributed by atoms with E-state index in [0.717, 1.165) is 22.8 Å². The molecule has 3 aromatic carbocycles. The minimum absolute atomic E-state index is 0.000899. The molecule has 1 heterocycles. The number of H-pyrrole nitrogens is 1. The molecule has 30 heavy (non-hydrogen) atoms. The molecular weight excluding hydrogens is 398 g/mol. The molecule has 4 rings (SSSR count). The summed E-state index contributed by atoms with van der Waals surface area (Å²) in [6.07, 6.45) is 1.11. The molecule has 0 fully saturated rings. The summed E-state index contributed by atoms with van der Waals surface area (Å²) in [5, 5.41) is 3.26. The van der Waals surface area contributed by atoms with Crippen molar-refractivity contribution in [2.24, 2.45) is 0 Å². The quantitative estimate of drug-likeness (QED) is 0.492. The van der Waals surface area contributed by atoms with Crippen LogP contribution in [0.5, 0.6) is 0 Å². The van der Waals surface area contributed by atoms with Crippen molar-refractivity contribution < 1.29 is 4.79 Å². The standard InChI is InChI=1S/C24H22ClN3O2/c1-2-11-28(15-22-26-21-14-19(25)9-10-20(21)24(30)27-22)23(29)13-16-7-8-17-5-3-4-6-18(17)12-16/h3-10,12,14H,2,11,13,15H2,1H3,(H,26,27,30). The monoisotopic (exact) mass is 419 g/mol. The number of aromatic amines is 1. The zero-order valence-corrected chi connectivity index (χ0v) is 17.4.